The molecular formula is C9H18O5. The van der Waals surface area contributed by atoms with Crippen molar-refractivity contribution in [3.63, 3.8) is 0 Å². The van der Waals surface area contributed by atoms with E-state index in [4.69, 9.17) is 14.6 Å². The van der Waals surface area contributed by atoms with Crippen LogP contribution >= 0.6 is 0 Å². The van der Waals surface area contributed by atoms with E-state index in [0.29, 0.717) is 6.61 Å². The van der Waals surface area contributed by atoms with Gasteiger partial charge in [0.1, 0.15) is 18.3 Å². The molecule has 84 valence electrons. The van der Waals surface area contributed by atoms with Crippen molar-refractivity contribution >= 4 is 0 Å². The highest BCUT2D eigenvalue weighted by Gasteiger charge is 2.43. The van der Waals surface area contributed by atoms with Crippen LogP contribution < -0.4 is 0 Å². The van der Waals surface area contributed by atoms with E-state index in [2.05, 4.69) is 0 Å². The average molecular weight is 206 g/mol. The van der Waals surface area contributed by atoms with E-state index in [0.717, 1.165) is 12.8 Å². The van der Waals surface area contributed by atoms with Gasteiger partial charge in [-0.1, -0.05) is 13.3 Å². The minimum atomic E-state index is -1.14. The van der Waals surface area contributed by atoms with Gasteiger partial charge in [-0.25, -0.2) is 0 Å². The summed E-state index contributed by atoms with van der Waals surface area (Å²) in [5.41, 5.74) is 0. The largest absolute Gasteiger partial charge is 0.394 e. The Morgan fingerprint density at radius 2 is 2.07 bits per heavy atom. The van der Waals surface area contributed by atoms with Crippen LogP contribution in [0.1, 0.15) is 19.8 Å². The standard InChI is InChI=1S/C9H18O5/c1-2-3-4-13-8-7(11)6(5-10)14-9(8)12/h6-12H,2-5H2,1H3/t6-,7-,8+,9+/m1/s1. The molecule has 0 radical (unpaired) electrons. The van der Waals surface area contributed by atoms with Crippen LogP contribution in [-0.2, 0) is 9.47 Å². The maximum absolute atomic E-state index is 9.55. The highest BCUT2D eigenvalue weighted by molar-refractivity contribution is 4.86. The molecule has 0 bridgehead atoms. The molecule has 14 heavy (non-hydrogen) atoms. The minimum absolute atomic E-state index is 0.314. The van der Waals surface area contributed by atoms with Gasteiger partial charge < -0.3 is 24.8 Å². The summed E-state index contributed by atoms with van der Waals surface area (Å²) in [6.07, 6.45) is -1.70. The van der Waals surface area contributed by atoms with Gasteiger partial charge in [-0.05, 0) is 6.42 Å². The van der Waals surface area contributed by atoms with Crippen molar-refractivity contribution < 1.29 is 24.8 Å². The molecule has 0 aromatic carbocycles. The van der Waals surface area contributed by atoms with E-state index >= 15 is 0 Å². The molecule has 1 aliphatic heterocycles. The van der Waals surface area contributed by atoms with Gasteiger partial charge in [0.15, 0.2) is 6.29 Å². The summed E-state index contributed by atoms with van der Waals surface area (Å²) in [5, 5.41) is 27.7. The van der Waals surface area contributed by atoms with Gasteiger partial charge >= 0.3 is 0 Å². The number of unbranched alkanes of at least 4 members (excludes halogenated alkanes) is 1. The quantitative estimate of drug-likeness (QED) is 0.515. The lowest BCUT2D eigenvalue weighted by atomic mass is 10.1. The van der Waals surface area contributed by atoms with Crippen LogP contribution in [0.3, 0.4) is 0 Å². The molecule has 0 aromatic heterocycles. The zero-order valence-corrected chi connectivity index (χ0v) is 8.30. The number of hydrogen-bond donors (Lipinski definition) is 3. The molecule has 1 fully saturated rings. The molecule has 0 aromatic rings. The van der Waals surface area contributed by atoms with Crippen LogP contribution in [0, 0.1) is 0 Å². The maximum atomic E-state index is 9.55. The van der Waals surface area contributed by atoms with Crippen LogP contribution in [0.5, 0.6) is 0 Å². The molecule has 1 saturated heterocycles. The second-order valence-electron chi connectivity index (χ2n) is 3.43. The smallest absolute Gasteiger partial charge is 0.184 e. The first-order valence-corrected chi connectivity index (χ1v) is 4.94. The second-order valence-corrected chi connectivity index (χ2v) is 3.43. The van der Waals surface area contributed by atoms with E-state index in [1.807, 2.05) is 6.92 Å². The summed E-state index contributed by atoms with van der Waals surface area (Å²) in [5.74, 6) is 0. The Balaban J connectivity index is 2.36. The van der Waals surface area contributed by atoms with Crippen LogP contribution in [0.25, 0.3) is 0 Å². The van der Waals surface area contributed by atoms with Crippen LogP contribution in [0.15, 0.2) is 0 Å². The van der Waals surface area contributed by atoms with Crippen molar-refractivity contribution in [3.05, 3.63) is 0 Å². The molecule has 0 aliphatic carbocycles. The van der Waals surface area contributed by atoms with Gasteiger partial charge in [0.25, 0.3) is 0 Å². The zero-order valence-electron chi connectivity index (χ0n) is 8.30. The molecule has 3 N–H and O–H groups in total. The highest BCUT2D eigenvalue weighted by Crippen LogP contribution is 2.22. The van der Waals surface area contributed by atoms with Gasteiger partial charge in [0.05, 0.1) is 6.61 Å². The summed E-state index contributed by atoms with van der Waals surface area (Å²) in [6, 6.07) is 0. The van der Waals surface area contributed by atoms with Crippen LogP contribution in [-0.4, -0.2) is 53.1 Å². The van der Waals surface area contributed by atoms with Crippen molar-refractivity contribution in [3.8, 4) is 0 Å². The van der Waals surface area contributed by atoms with Gasteiger partial charge in [-0.15, -0.1) is 0 Å². The Kier molecular flexibility index (Phi) is 4.77. The number of ether oxygens (including phenoxy) is 2. The van der Waals surface area contributed by atoms with Crippen molar-refractivity contribution in [2.45, 2.75) is 44.4 Å². The summed E-state index contributed by atoms with van der Waals surface area (Å²) < 4.78 is 10.2. The van der Waals surface area contributed by atoms with E-state index in [9.17, 15) is 10.2 Å². The van der Waals surface area contributed by atoms with E-state index in [1.54, 1.807) is 0 Å². The van der Waals surface area contributed by atoms with Gasteiger partial charge in [0, 0.05) is 6.61 Å². The molecule has 5 heteroatoms. The Labute approximate surface area is 83.3 Å². The Morgan fingerprint density at radius 1 is 1.36 bits per heavy atom. The summed E-state index contributed by atoms with van der Waals surface area (Å²) in [4.78, 5) is 0. The first kappa shape index (κ1) is 11.9. The first-order valence-electron chi connectivity index (χ1n) is 4.94. The summed E-state index contributed by atoms with van der Waals surface area (Å²) in [6.45, 7) is 2.19. The normalized spacial score (nSPS) is 37.7. The molecule has 1 heterocycles. The van der Waals surface area contributed by atoms with Crippen LogP contribution in [0.4, 0.5) is 0 Å². The van der Waals surface area contributed by atoms with Gasteiger partial charge in [0.2, 0.25) is 0 Å². The van der Waals surface area contributed by atoms with Gasteiger partial charge in [-0.2, -0.15) is 0 Å². The fourth-order valence-corrected chi connectivity index (χ4v) is 1.41. The highest BCUT2D eigenvalue weighted by atomic mass is 16.7. The second kappa shape index (κ2) is 5.63. The SMILES string of the molecule is CCCCO[C@H]1[C@H](O)[C@@H](CO)O[C@@H]1O. The fourth-order valence-electron chi connectivity index (χ4n) is 1.41. The van der Waals surface area contributed by atoms with Crippen molar-refractivity contribution in [2.75, 3.05) is 13.2 Å². The Bertz CT molecular complexity index is 163. The zero-order chi connectivity index (χ0) is 10.6. The number of aliphatic hydroxyl groups is 3. The van der Waals surface area contributed by atoms with Crippen molar-refractivity contribution in [2.24, 2.45) is 0 Å². The third-order valence-corrected chi connectivity index (χ3v) is 2.30. The topological polar surface area (TPSA) is 79.2 Å². The van der Waals surface area contributed by atoms with E-state index in [1.165, 1.54) is 0 Å². The molecule has 0 spiro atoms. The van der Waals surface area contributed by atoms with Crippen molar-refractivity contribution in [1.82, 2.24) is 0 Å². The van der Waals surface area contributed by atoms with E-state index < -0.39 is 24.6 Å². The summed E-state index contributed by atoms with van der Waals surface area (Å²) in [7, 11) is 0. The molecule has 5 nitrogen and oxygen atoms in total. The molecule has 0 saturated carbocycles. The third-order valence-electron chi connectivity index (χ3n) is 2.30. The maximum Gasteiger partial charge on any atom is 0.184 e. The lowest BCUT2D eigenvalue weighted by Gasteiger charge is -2.17. The van der Waals surface area contributed by atoms with Crippen molar-refractivity contribution in [1.29, 1.82) is 0 Å². The molecular weight excluding hydrogens is 188 g/mol. The minimum Gasteiger partial charge on any atom is -0.394 e. The molecule has 1 aliphatic rings. The number of rotatable bonds is 5. The van der Waals surface area contributed by atoms with E-state index in [-0.39, 0.29) is 6.61 Å². The predicted molar refractivity (Wildman–Crippen MR) is 48.6 cm³/mol. The third kappa shape index (κ3) is 2.65. The molecule has 0 unspecified atom stereocenters. The average Bonchev–Trinajstić information content (AvgIpc) is 2.45. The lowest BCUT2D eigenvalue weighted by Crippen LogP contribution is -2.36. The molecule has 0 amide bonds. The number of aliphatic hydroxyl groups excluding tert-OH is 3. The predicted octanol–water partition coefficient (Wildman–Crippen LogP) is -0.758. The molecule has 1 rings (SSSR count). The summed E-state index contributed by atoms with van der Waals surface area (Å²) >= 11 is 0. The Morgan fingerprint density at radius 3 is 2.57 bits per heavy atom. The number of hydrogen-bond acceptors (Lipinski definition) is 5. The van der Waals surface area contributed by atoms with Crippen LogP contribution in [0.2, 0.25) is 0 Å². The lowest BCUT2D eigenvalue weighted by molar-refractivity contribution is -0.147. The first-order chi connectivity index (χ1) is 6.70. The monoisotopic (exact) mass is 206 g/mol. The Hall–Kier alpha value is -0.200. The fraction of sp³-hybridized carbons (Fsp3) is 1.00. The van der Waals surface area contributed by atoms with Gasteiger partial charge in [-0.3, -0.25) is 0 Å². The molecule has 4 atom stereocenters.